The summed E-state index contributed by atoms with van der Waals surface area (Å²) in [6, 6.07) is 8.20. The fourth-order valence-electron chi connectivity index (χ4n) is 2.32. The number of aromatic nitrogens is 1. The molecular formula is C15H16N2O. The van der Waals surface area contributed by atoms with Crippen LogP contribution in [0, 0.1) is 0 Å². The SMILES string of the molecule is CC1(C)COc2ccc(-c3cncc(N)c3)cc21. The number of anilines is 1. The first kappa shape index (κ1) is 11.1. The lowest BCUT2D eigenvalue weighted by atomic mass is 9.85. The molecule has 18 heavy (non-hydrogen) atoms. The van der Waals surface area contributed by atoms with E-state index in [1.807, 2.05) is 18.3 Å². The average molecular weight is 240 g/mol. The van der Waals surface area contributed by atoms with Gasteiger partial charge >= 0.3 is 0 Å². The molecule has 2 N–H and O–H groups in total. The molecule has 3 nitrogen and oxygen atoms in total. The fourth-order valence-corrected chi connectivity index (χ4v) is 2.32. The molecule has 0 fully saturated rings. The summed E-state index contributed by atoms with van der Waals surface area (Å²) in [6.45, 7) is 5.13. The third-order valence-corrected chi connectivity index (χ3v) is 3.39. The van der Waals surface area contributed by atoms with Crippen molar-refractivity contribution in [2.45, 2.75) is 19.3 Å². The summed E-state index contributed by atoms with van der Waals surface area (Å²) >= 11 is 0. The molecule has 0 amide bonds. The second kappa shape index (κ2) is 3.73. The van der Waals surface area contributed by atoms with Crippen molar-refractivity contribution in [1.82, 2.24) is 4.98 Å². The summed E-state index contributed by atoms with van der Waals surface area (Å²) in [4.78, 5) is 4.13. The van der Waals surface area contributed by atoms with E-state index in [-0.39, 0.29) is 5.41 Å². The van der Waals surface area contributed by atoms with Crippen LogP contribution < -0.4 is 10.5 Å². The van der Waals surface area contributed by atoms with Crippen LogP contribution in [0.2, 0.25) is 0 Å². The number of ether oxygens (including phenoxy) is 1. The zero-order valence-electron chi connectivity index (χ0n) is 10.6. The van der Waals surface area contributed by atoms with Crippen LogP contribution >= 0.6 is 0 Å². The Morgan fingerprint density at radius 1 is 1.17 bits per heavy atom. The fraction of sp³-hybridized carbons (Fsp3) is 0.267. The number of benzene rings is 1. The van der Waals surface area contributed by atoms with Crippen molar-refractivity contribution in [3.8, 4) is 16.9 Å². The Balaban J connectivity index is 2.11. The Morgan fingerprint density at radius 2 is 2.00 bits per heavy atom. The highest BCUT2D eigenvalue weighted by Crippen LogP contribution is 2.40. The Kier molecular flexibility index (Phi) is 2.30. The molecule has 0 radical (unpaired) electrons. The molecule has 0 saturated carbocycles. The second-order valence-electron chi connectivity index (χ2n) is 5.39. The summed E-state index contributed by atoms with van der Waals surface area (Å²) < 4.78 is 5.69. The molecule has 3 rings (SSSR count). The molecule has 1 aromatic carbocycles. The molecule has 0 aliphatic carbocycles. The van der Waals surface area contributed by atoms with E-state index in [0.29, 0.717) is 5.69 Å². The summed E-state index contributed by atoms with van der Waals surface area (Å²) in [5.74, 6) is 0.987. The van der Waals surface area contributed by atoms with Crippen LogP contribution in [-0.2, 0) is 5.41 Å². The van der Waals surface area contributed by atoms with E-state index in [1.165, 1.54) is 5.56 Å². The Bertz CT molecular complexity index is 605. The summed E-state index contributed by atoms with van der Waals surface area (Å²) in [5, 5.41) is 0. The normalized spacial score (nSPS) is 16.1. The molecule has 0 saturated heterocycles. The van der Waals surface area contributed by atoms with E-state index in [2.05, 4.69) is 31.0 Å². The van der Waals surface area contributed by atoms with Gasteiger partial charge in [0, 0.05) is 28.9 Å². The van der Waals surface area contributed by atoms with Crippen molar-refractivity contribution in [2.75, 3.05) is 12.3 Å². The summed E-state index contributed by atoms with van der Waals surface area (Å²) in [7, 11) is 0. The minimum absolute atomic E-state index is 0.0685. The van der Waals surface area contributed by atoms with Crippen molar-refractivity contribution in [2.24, 2.45) is 0 Å². The van der Waals surface area contributed by atoms with Crippen LogP contribution in [0.3, 0.4) is 0 Å². The van der Waals surface area contributed by atoms with Gasteiger partial charge < -0.3 is 10.5 Å². The first-order valence-electron chi connectivity index (χ1n) is 6.04. The molecule has 1 aromatic heterocycles. The predicted octanol–water partition coefficient (Wildman–Crippen LogP) is 3.00. The lowest BCUT2D eigenvalue weighted by Gasteiger charge is -2.15. The predicted molar refractivity (Wildman–Crippen MR) is 72.6 cm³/mol. The van der Waals surface area contributed by atoms with Gasteiger partial charge in [0.25, 0.3) is 0 Å². The zero-order valence-corrected chi connectivity index (χ0v) is 10.6. The number of rotatable bonds is 1. The lowest BCUT2D eigenvalue weighted by Crippen LogP contribution is -2.18. The van der Waals surface area contributed by atoms with Gasteiger partial charge in [-0.15, -0.1) is 0 Å². The average Bonchev–Trinajstić information content (AvgIpc) is 2.65. The quantitative estimate of drug-likeness (QED) is 0.833. The largest absolute Gasteiger partial charge is 0.492 e. The van der Waals surface area contributed by atoms with E-state index in [9.17, 15) is 0 Å². The minimum Gasteiger partial charge on any atom is -0.492 e. The number of nitrogens with zero attached hydrogens (tertiary/aromatic N) is 1. The maximum absolute atomic E-state index is 5.77. The Labute approximate surface area is 107 Å². The number of nitrogens with two attached hydrogens (primary N) is 1. The van der Waals surface area contributed by atoms with Crippen molar-refractivity contribution in [3.05, 3.63) is 42.2 Å². The summed E-state index contributed by atoms with van der Waals surface area (Å²) in [6.07, 6.45) is 3.49. The molecule has 0 atom stereocenters. The molecule has 1 aliphatic heterocycles. The van der Waals surface area contributed by atoms with E-state index in [4.69, 9.17) is 10.5 Å². The molecule has 3 heteroatoms. The van der Waals surface area contributed by atoms with Crippen LogP contribution in [0.1, 0.15) is 19.4 Å². The van der Waals surface area contributed by atoms with Gasteiger partial charge in [-0.05, 0) is 23.8 Å². The number of nitrogen functional groups attached to an aromatic ring is 1. The lowest BCUT2D eigenvalue weighted by molar-refractivity contribution is 0.291. The van der Waals surface area contributed by atoms with E-state index >= 15 is 0 Å². The van der Waals surface area contributed by atoms with Crippen molar-refractivity contribution < 1.29 is 4.74 Å². The standard InChI is InChI=1S/C15H16N2O/c1-15(2)9-18-14-4-3-10(6-13(14)15)11-5-12(16)8-17-7-11/h3-8H,9,16H2,1-2H3. The van der Waals surface area contributed by atoms with Crippen molar-refractivity contribution in [1.29, 1.82) is 0 Å². The van der Waals surface area contributed by atoms with Gasteiger partial charge in [-0.25, -0.2) is 0 Å². The monoisotopic (exact) mass is 240 g/mol. The van der Waals surface area contributed by atoms with Gasteiger partial charge in [0.2, 0.25) is 0 Å². The number of hydrogen-bond acceptors (Lipinski definition) is 3. The summed E-state index contributed by atoms with van der Waals surface area (Å²) in [5.41, 5.74) is 9.95. The Hall–Kier alpha value is -2.03. The topological polar surface area (TPSA) is 48.1 Å². The molecule has 1 aliphatic rings. The molecule has 0 spiro atoms. The molecule has 2 heterocycles. The highest BCUT2D eigenvalue weighted by molar-refractivity contribution is 5.68. The minimum atomic E-state index is 0.0685. The van der Waals surface area contributed by atoms with Crippen LogP contribution in [0.15, 0.2) is 36.7 Å². The number of fused-ring (bicyclic) bond motifs is 1. The third-order valence-electron chi connectivity index (χ3n) is 3.39. The second-order valence-corrected chi connectivity index (χ2v) is 5.39. The van der Waals surface area contributed by atoms with Crippen LogP contribution in [0.4, 0.5) is 5.69 Å². The number of hydrogen-bond donors (Lipinski definition) is 1. The molecular weight excluding hydrogens is 224 g/mol. The van der Waals surface area contributed by atoms with E-state index < -0.39 is 0 Å². The van der Waals surface area contributed by atoms with E-state index in [1.54, 1.807) is 6.20 Å². The first-order chi connectivity index (χ1) is 8.56. The van der Waals surface area contributed by atoms with Crippen LogP contribution in [0.5, 0.6) is 5.75 Å². The van der Waals surface area contributed by atoms with Crippen molar-refractivity contribution >= 4 is 5.69 Å². The van der Waals surface area contributed by atoms with E-state index in [0.717, 1.165) is 23.5 Å². The number of pyridine rings is 1. The van der Waals surface area contributed by atoms with Gasteiger partial charge in [0.05, 0.1) is 12.3 Å². The maximum atomic E-state index is 5.77. The van der Waals surface area contributed by atoms with Crippen LogP contribution in [0.25, 0.3) is 11.1 Å². The molecule has 92 valence electrons. The van der Waals surface area contributed by atoms with Gasteiger partial charge in [0.1, 0.15) is 5.75 Å². The highest BCUT2D eigenvalue weighted by Gasteiger charge is 2.31. The zero-order chi connectivity index (χ0) is 12.8. The maximum Gasteiger partial charge on any atom is 0.123 e. The van der Waals surface area contributed by atoms with Crippen LogP contribution in [-0.4, -0.2) is 11.6 Å². The van der Waals surface area contributed by atoms with Gasteiger partial charge in [0.15, 0.2) is 0 Å². The smallest absolute Gasteiger partial charge is 0.123 e. The Morgan fingerprint density at radius 3 is 2.78 bits per heavy atom. The molecule has 0 bridgehead atoms. The highest BCUT2D eigenvalue weighted by atomic mass is 16.5. The molecule has 0 unspecified atom stereocenters. The third kappa shape index (κ3) is 1.72. The first-order valence-corrected chi connectivity index (χ1v) is 6.04. The van der Waals surface area contributed by atoms with Gasteiger partial charge in [-0.3, -0.25) is 4.98 Å². The van der Waals surface area contributed by atoms with Gasteiger partial charge in [-0.1, -0.05) is 19.9 Å². The van der Waals surface area contributed by atoms with Gasteiger partial charge in [-0.2, -0.15) is 0 Å². The van der Waals surface area contributed by atoms with Crippen molar-refractivity contribution in [3.63, 3.8) is 0 Å². The molecule has 2 aromatic rings.